The first kappa shape index (κ1) is 42.5. The van der Waals surface area contributed by atoms with Crippen molar-refractivity contribution in [1.29, 1.82) is 0 Å². The summed E-state index contributed by atoms with van der Waals surface area (Å²) < 4.78 is 128. The van der Waals surface area contributed by atoms with Gasteiger partial charge >= 0.3 is 118 Å². The van der Waals surface area contributed by atoms with Crippen LogP contribution < -0.4 is 118 Å². The van der Waals surface area contributed by atoms with Crippen LogP contribution in [0.4, 0.5) is 0 Å². The van der Waals surface area contributed by atoms with Gasteiger partial charge in [0.25, 0.3) is 0 Å². The number of rotatable bonds is 11. The van der Waals surface area contributed by atoms with E-state index in [0.29, 0.717) is 21.6 Å². The third-order valence-corrected chi connectivity index (χ3v) is 9.51. The van der Waals surface area contributed by atoms with Gasteiger partial charge in [-0.2, -0.15) is 0 Å². The smallest absolute Gasteiger partial charge is 0.748 e. The van der Waals surface area contributed by atoms with Gasteiger partial charge in [-0.3, -0.25) is 0 Å². The summed E-state index contributed by atoms with van der Waals surface area (Å²) in [6, 6.07) is 0. The molecular formula is C6H10Na4O12S6. The first-order valence-electron chi connectivity index (χ1n) is 5.43. The zero-order valence-electron chi connectivity index (χ0n) is 15.3. The Morgan fingerprint density at radius 2 is 0.750 bits per heavy atom. The molecule has 2 atom stereocenters. The van der Waals surface area contributed by atoms with Gasteiger partial charge in [0, 0.05) is 11.5 Å². The van der Waals surface area contributed by atoms with Crippen molar-refractivity contribution in [3.63, 3.8) is 0 Å². The Bertz CT molecular complexity index is 765. The molecule has 0 bridgehead atoms. The minimum absolute atomic E-state index is 0. The van der Waals surface area contributed by atoms with E-state index >= 15 is 0 Å². The summed E-state index contributed by atoms with van der Waals surface area (Å²) in [6.07, 6.45) is 0. The van der Waals surface area contributed by atoms with E-state index < -0.39 is 74.0 Å². The zero-order valence-corrected chi connectivity index (χ0v) is 28.2. The van der Waals surface area contributed by atoms with Crippen molar-refractivity contribution >= 4 is 62.1 Å². The normalized spacial score (nSPS) is 14.3. The molecule has 2 unspecified atom stereocenters. The van der Waals surface area contributed by atoms with Crippen molar-refractivity contribution < 1.29 is 170 Å². The first-order valence-corrected chi connectivity index (χ1v) is 14.0. The van der Waals surface area contributed by atoms with Crippen molar-refractivity contribution in [2.45, 2.75) is 10.5 Å². The van der Waals surface area contributed by atoms with Crippen molar-refractivity contribution in [3.8, 4) is 0 Å². The SMILES string of the molecule is O=S(=O)([O-])CC(CSSCC(CS(=O)(=O)[O-])S(=O)(=O)[O-])S(=O)(=O)[O-].[Na+].[Na+].[Na+].[Na+]. The average molecular weight is 558 g/mol. The van der Waals surface area contributed by atoms with E-state index in [9.17, 15) is 51.9 Å². The van der Waals surface area contributed by atoms with Gasteiger partial charge in [0.15, 0.2) is 0 Å². The van der Waals surface area contributed by atoms with Crippen molar-refractivity contribution in [3.05, 3.63) is 0 Å². The molecule has 0 aliphatic heterocycles. The van der Waals surface area contributed by atoms with Gasteiger partial charge in [0.1, 0.15) is 0 Å². The molecule has 0 aliphatic rings. The van der Waals surface area contributed by atoms with Crippen LogP contribution >= 0.6 is 21.6 Å². The Kier molecular flexibility index (Phi) is 26.9. The van der Waals surface area contributed by atoms with Gasteiger partial charge < -0.3 is 18.2 Å². The van der Waals surface area contributed by atoms with Gasteiger partial charge in [-0.05, 0) is 0 Å². The molecule has 12 nitrogen and oxygen atoms in total. The maximum absolute atomic E-state index is 10.8. The fraction of sp³-hybridized carbons (Fsp3) is 1.00. The summed E-state index contributed by atoms with van der Waals surface area (Å²) in [6.45, 7) is 0. The molecule has 0 saturated heterocycles. The fourth-order valence-electron chi connectivity index (χ4n) is 1.13. The fourth-order valence-corrected chi connectivity index (χ4v) is 9.46. The molecule has 0 N–H and O–H groups in total. The Balaban J connectivity index is -0.000000441. The molecule has 0 radical (unpaired) electrons. The van der Waals surface area contributed by atoms with Crippen LogP contribution in [0.3, 0.4) is 0 Å². The molecule has 0 amide bonds. The second-order valence-electron chi connectivity index (χ2n) is 4.25. The van der Waals surface area contributed by atoms with Crippen LogP contribution in [0.15, 0.2) is 0 Å². The van der Waals surface area contributed by atoms with Crippen molar-refractivity contribution in [2.75, 3.05) is 23.0 Å². The second-order valence-corrected chi connectivity index (χ2v) is 13.0. The largest absolute Gasteiger partial charge is 1.00 e. The first-order chi connectivity index (χ1) is 10.4. The van der Waals surface area contributed by atoms with E-state index in [1.54, 1.807) is 0 Å². The Hall–Kier alpha value is 4.34. The minimum Gasteiger partial charge on any atom is -0.748 e. The summed E-state index contributed by atoms with van der Waals surface area (Å²) in [5, 5.41) is -4.22. The summed E-state index contributed by atoms with van der Waals surface area (Å²) >= 11 is 0. The number of hydrogen-bond acceptors (Lipinski definition) is 14. The van der Waals surface area contributed by atoms with E-state index in [4.69, 9.17) is 0 Å². The number of hydrogen-bond donors (Lipinski definition) is 0. The van der Waals surface area contributed by atoms with E-state index in [0.717, 1.165) is 0 Å². The predicted octanol–water partition coefficient (Wildman–Crippen LogP) is -14.7. The van der Waals surface area contributed by atoms with E-state index in [1.165, 1.54) is 0 Å². The van der Waals surface area contributed by atoms with Crippen molar-refractivity contribution in [2.24, 2.45) is 0 Å². The topological polar surface area (TPSA) is 229 Å². The standard InChI is InChI=1S/C6H14O12S6.4Na/c7-21(8,9)3-5(23(13,14)15)1-19-20-2-6(24(16,17)18)4-22(10,11)12;;;;/h5-6H,1-4H2,(H,7,8,9)(H,10,11,12)(H,13,14,15)(H,16,17,18);;;;/q;4*+1/p-4. The Morgan fingerprint density at radius 3 is 0.893 bits per heavy atom. The van der Waals surface area contributed by atoms with Crippen LogP contribution in [0, 0.1) is 0 Å². The quantitative estimate of drug-likeness (QED) is 0.0992. The molecule has 0 aromatic carbocycles. The summed E-state index contributed by atoms with van der Waals surface area (Å²) in [7, 11) is -19.5. The molecule has 0 rings (SSSR count). The molecule has 0 aromatic rings. The van der Waals surface area contributed by atoms with Gasteiger partial charge in [-0.25, -0.2) is 33.7 Å². The summed E-state index contributed by atoms with van der Waals surface area (Å²) in [5.41, 5.74) is 0. The molecule has 0 saturated carbocycles. The van der Waals surface area contributed by atoms with Gasteiger partial charge in [-0.15, -0.1) is 0 Å². The molecule has 0 fully saturated rings. The monoisotopic (exact) mass is 558 g/mol. The second kappa shape index (κ2) is 17.7. The van der Waals surface area contributed by atoms with Crippen LogP contribution in [0.2, 0.25) is 0 Å². The molecule has 0 heterocycles. The van der Waals surface area contributed by atoms with Gasteiger partial charge in [0.2, 0.25) is 0 Å². The van der Waals surface area contributed by atoms with Gasteiger partial charge in [0.05, 0.1) is 62.5 Å². The van der Waals surface area contributed by atoms with Crippen LogP contribution in [0.1, 0.15) is 0 Å². The predicted molar refractivity (Wildman–Crippen MR) is 81.0 cm³/mol. The summed E-state index contributed by atoms with van der Waals surface area (Å²) in [4.78, 5) is 0. The Labute approximate surface area is 260 Å². The molecule has 22 heteroatoms. The van der Waals surface area contributed by atoms with Crippen LogP contribution in [0.5, 0.6) is 0 Å². The third-order valence-electron chi connectivity index (χ3n) is 2.19. The zero-order chi connectivity index (χ0) is 19.4. The van der Waals surface area contributed by atoms with Crippen LogP contribution in [-0.2, 0) is 40.5 Å². The van der Waals surface area contributed by atoms with E-state index in [-0.39, 0.29) is 118 Å². The molecular weight excluding hydrogens is 548 g/mol. The van der Waals surface area contributed by atoms with Crippen LogP contribution in [-0.4, -0.2) is 85.4 Å². The van der Waals surface area contributed by atoms with E-state index in [1.807, 2.05) is 0 Å². The third kappa shape index (κ3) is 23.5. The maximum Gasteiger partial charge on any atom is 1.00 e. The molecule has 0 aromatic heterocycles. The molecule has 0 aliphatic carbocycles. The van der Waals surface area contributed by atoms with Crippen LogP contribution in [0.25, 0.3) is 0 Å². The molecule has 146 valence electrons. The molecule has 0 spiro atoms. The van der Waals surface area contributed by atoms with Gasteiger partial charge in [-0.1, -0.05) is 21.6 Å². The maximum atomic E-state index is 10.8. The Morgan fingerprint density at radius 1 is 0.536 bits per heavy atom. The van der Waals surface area contributed by atoms with E-state index in [2.05, 4.69) is 0 Å². The molecule has 28 heavy (non-hydrogen) atoms. The average Bonchev–Trinajstić information content (AvgIpc) is 2.25. The minimum atomic E-state index is -5.15. The van der Waals surface area contributed by atoms with Crippen molar-refractivity contribution in [1.82, 2.24) is 0 Å². The summed E-state index contributed by atoms with van der Waals surface area (Å²) in [5.74, 6) is -4.45.